The lowest BCUT2D eigenvalue weighted by atomic mass is 10.1. The zero-order chi connectivity index (χ0) is 12.7. The van der Waals surface area contributed by atoms with Crippen molar-refractivity contribution < 1.29 is 14.7 Å². The molecule has 4 nitrogen and oxygen atoms in total. The van der Waals surface area contributed by atoms with Crippen molar-refractivity contribution in [2.24, 2.45) is 0 Å². The largest absolute Gasteiger partial charge is 0.477 e. The molecule has 0 heterocycles. The topological polar surface area (TPSA) is 58.6 Å². The van der Waals surface area contributed by atoms with Gasteiger partial charge in [0.15, 0.2) is 0 Å². The highest BCUT2D eigenvalue weighted by Crippen LogP contribution is 2.11. The molecule has 1 aromatic rings. The monoisotopic (exact) mass is 255 g/mol. The van der Waals surface area contributed by atoms with Crippen LogP contribution in [0.1, 0.15) is 12.0 Å². The standard InChI is InChI=1S/C12H14ClNO3/c1-9(12(15)16)14-17-7-3-5-10-4-2-6-11(13)8-10/h2,4,6,8,14H,1,3,5,7H2,(H,15,16). The average molecular weight is 256 g/mol. The first kappa shape index (κ1) is 13.5. The fourth-order valence-corrected chi connectivity index (χ4v) is 1.44. The van der Waals surface area contributed by atoms with Crippen LogP contribution in [0.2, 0.25) is 5.02 Å². The summed E-state index contributed by atoms with van der Waals surface area (Å²) in [6.07, 6.45) is 1.59. The Morgan fingerprint density at radius 3 is 2.94 bits per heavy atom. The SMILES string of the molecule is C=C(NOCCCc1cccc(Cl)c1)C(=O)O. The van der Waals surface area contributed by atoms with Gasteiger partial charge in [0.1, 0.15) is 5.70 Å². The van der Waals surface area contributed by atoms with E-state index >= 15 is 0 Å². The van der Waals surface area contributed by atoms with Gasteiger partial charge in [-0.3, -0.25) is 10.3 Å². The molecule has 5 heteroatoms. The number of carbonyl (C=O) groups is 1. The van der Waals surface area contributed by atoms with Crippen LogP contribution in [-0.2, 0) is 16.1 Å². The van der Waals surface area contributed by atoms with E-state index in [1.54, 1.807) is 0 Å². The number of hydroxylamine groups is 1. The van der Waals surface area contributed by atoms with Gasteiger partial charge in [-0.2, -0.15) is 0 Å². The molecule has 0 atom stereocenters. The van der Waals surface area contributed by atoms with Crippen LogP contribution in [-0.4, -0.2) is 17.7 Å². The molecule has 0 aliphatic carbocycles. The minimum absolute atomic E-state index is 0.173. The van der Waals surface area contributed by atoms with Gasteiger partial charge in [-0.25, -0.2) is 4.79 Å². The zero-order valence-corrected chi connectivity index (χ0v) is 10.0. The number of aliphatic carboxylic acids is 1. The van der Waals surface area contributed by atoms with Crippen molar-refractivity contribution in [1.82, 2.24) is 5.48 Å². The molecule has 0 fully saturated rings. The minimum atomic E-state index is -1.13. The smallest absolute Gasteiger partial charge is 0.353 e. The Morgan fingerprint density at radius 2 is 2.29 bits per heavy atom. The number of carboxylic acids is 1. The maximum atomic E-state index is 10.4. The first-order valence-corrected chi connectivity index (χ1v) is 5.52. The molecule has 1 aromatic carbocycles. The summed E-state index contributed by atoms with van der Waals surface area (Å²) in [6.45, 7) is 3.67. The van der Waals surface area contributed by atoms with Crippen LogP contribution < -0.4 is 5.48 Å². The number of rotatable bonds is 7. The highest BCUT2D eigenvalue weighted by atomic mass is 35.5. The van der Waals surface area contributed by atoms with E-state index in [0.717, 1.165) is 18.4 Å². The maximum Gasteiger partial charge on any atom is 0.353 e. The van der Waals surface area contributed by atoms with Crippen molar-refractivity contribution >= 4 is 17.6 Å². The third kappa shape index (κ3) is 5.38. The predicted molar refractivity (Wildman–Crippen MR) is 65.6 cm³/mol. The molecule has 92 valence electrons. The molecule has 0 bridgehead atoms. The van der Waals surface area contributed by atoms with Crippen molar-refractivity contribution in [3.8, 4) is 0 Å². The molecule has 0 radical (unpaired) electrons. The van der Waals surface area contributed by atoms with E-state index in [2.05, 4.69) is 12.1 Å². The van der Waals surface area contributed by atoms with Crippen molar-refractivity contribution in [3.63, 3.8) is 0 Å². The van der Waals surface area contributed by atoms with E-state index in [4.69, 9.17) is 21.5 Å². The first-order chi connectivity index (χ1) is 8.09. The lowest BCUT2D eigenvalue weighted by molar-refractivity contribution is -0.134. The summed E-state index contributed by atoms with van der Waals surface area (Å²) in [5, 5.41) is 9.20. The Hall–Kier alpha value is -1.52. The van der Waals surface area contributed by atoms with E-state index in [1.807, 2.05) is 24.3 Å². The minimum Gasteiger partial charge on any atom is -0.477 e. The third-order valence-electron chi connectivity index (χ3n) is 2.05. The molecule has 0 unspecified atom stereocenters. The number of benzene rings is 1. The molecule has 17 heavy (non-hydrogen) atoms. The lowest BCUT2D eigenvalue weighted by Gasteiger charge is -2.06. The quantitative estimate of drug-likeness (QED) is 0.446. The van der Waals surface area contributed by atoms with Crippen LogP contribution in [0.5, 0.6) is 0 Å². The highest BCUT2D eigenvalue weighted by Gasteiger charge is 2.02. The Morgan fingerprint density at radius 1 is 1.53 bits per heavy atom. The Kier molecular flexibility index (Phi) is 5.52. The van der Waals surface area contributed by atoms with Crippen LogP contribution in [0.15, 0.2) is 36.5 Å². The number of hydrogen-bond acceptors (Lipinski definition) is 3. The summed E-state index contributed by atoms with van der Waals surface area (Å²) in [6, 6.07) is 7.59. The summed E-state index contributed by atoms with van der Waals surface area (Å²) in [5.41, 5.74) is 3.21. The second kappa shape index (κ2) is 6.93. The van der Waals surface area contributed by atoms with E-state index in [9.17, 15) is 4.79 Å². The molecular formula is C12H14ClNO3. The number of hydrogen-bond donors (Lipinski definition) is 2. The Balaban J connectivity index is 2.16. The van der Waals surface area contributed by atoms with Crippen LogP contribution in [0.4, 0.5) is 0 Å². The summed E-state index contributed by atoms with van der Waals surface area (Å²) in [4.78, 5) is 15.3. The second-order valence-corrected chi connectivity index (χ2v) is 3.90. The van der Waals surface area contributed by atoms with Gasteiger partial charge in [-0.1, -0.05) is 30.3 Å². The van der Waals surface area contributed by atoms with Crippen LogP contribution in [0, 0.1) is 0 Å². The summed E-state index contributed by atoms with van der Waals surface area (Å²) in [7, 11) is 0. The van der Waals surface area contributed by atoms with Gasteiger partial charge < -0.3 is 5.11 Å². The molecule has 0 amide bonds. The van der Waals surface area contributed by atoms with Crippen LogP contribution in [0.25, 0.3) is 0 Å². The van der Waals surface area contributed by atoms with E-state index < -0.39 is 5.97 Å². The zero-order valence-electron chi connectivity index (χ0n) is 9.28. The van der Waals surface area contributed by atoms with E-state index in [0.29, 0.717) is 11.6 Å². The van der Waals surface area contributed by atoms with Gasteiger partial charge in [-0.15, -0.1) is 0 Å². The first-order valence-electron chi connectivity index (χ1n) is 5.14. The van der Waals surface area contributed by atoms with Gasteiger partial charge in [0, 0.05) is 5.02 Å². The molecule has 0 spiro atoms. The van der Waals surface area contributed by atoms with Crippen LogP contribution in [0.3, 0.4) is 0 Å². The Labute approximate surface area is 105 Å². The van der Waals surface area contributed by atoms with Crippen molar-refractivity contribution in [3.05, 3.63) is 47.1 Å². The number of aryl methyl sites for hydroxylation is 1. The maximum absolute atomic E-state index is 10.4. The molecule has 0 aliphatic heterocycles. The molecule has 0 saturated heterocycles. The number of halogens is 1. The average Bonchev–Trinajstić information content (AvgIpc) is 2.28. The predicted octanol–water partition coefficient (Wildman–Crippen LogP) is 2.39. The third-order valence-corrected chi connectivity index (χ3v) is 2.29. The molecule has 0 aliphatic rings. The molecule has 2 N–H and O–H groups in total. The second-order valence-electron chi connectivity index (χ2n) is 3.47. The highest BCUT2D eigenvalue weighted by molar-refractivity contribution is 6.30. The van der Waals surface area contributed by atoms with Gasteiger partial charge in [-0.05, 0) is 30.5 Å². The fourth-order valence-electron chi connectivity index (χ4n) is 1.22. The van der Waals surface area contributed by atoms with Gasteiger partial charge in [0.2, 0.25) is 0 Å². The van der Waals surface area contributed by atoms with Gasteiger partial charge in [0.05, 0.1) is 6.61 Å². The summed E-state index contributed by atoms with van der Waals surface area (Å²) in [5.74, 6) is -1.13. The van der Waals surface area contributed by atoms with E-state index in [1.165, 1.54) is 0 Å². The van der Waals surface area contributed by atoms with Crippen molar-refractivity contribution in [2.75, 3.05) is 6.61 Å². The molecule has 1 rings (SSSR count). The summed E-state index contributed by atoms with van der Waals surface area (Å²) < 4.78 is 0. The molecule has 0 saturated carbocycles. The fraction of sp³-hybridized carbons (Fsp3) is 0.250. The Bertz CT molecular complexity index is 406. The van der Waals surface area contributed by atoms with E-state index in [-0.39, 0.29) is 5.70 Å². The number of nitrogens with one attached hydrogen (secondary N) is 1. The van der Waals surface area contributed by atoms with Gasteiger partial charge in [0.25, 0.3) is 0 Å². The van der Waals surface area contributed by atoms with Crippen molar-refractivity contribution in [1.29, 1.82) is 0 Å². The van der Waals surface area contributed by atoms with Gasteiger partial charge >= 0.3 is 5.97 Å². The number of carboxylic acid groups (broad SMARTS) is 1. The molecule has 0 aromatic heterocycles. The lowest BCUT2D eigenvalue weighted by Crippen LogP contribution is -2.20. The van der Waals surface area contributed by atoms with Crippen molar-refractivity contribution in [2.45, 2.75) is 12.8 Å². The normalized spacial score (nSPS) is 9.94. The summed E-state index contributed by atoms with van der Waals surface area (Å²) >= 11 is 5.84. The van der Waals surface area contributed by atoms with Crippen LogP contribution >= 0.6 is 11.6 Å². The molecular weight excluding hydrogens is 242 g/mol.